The molecule has 0 fully saturated rings. The summed E-state index contributed by atoms with van der Waals surface area (Å²) in [6.45, 7) is 25.3. The monoisotopic (exact) mass is 448 g/mol. The first-order valence-electron chi connectivity index (χ1n) is 12.6. The van der Waals surface area contributed by atoms with Crippen LogP contribution >= 0.6 is 0 Å². The second kappa shape index (κ2) is 26.1. The Balaban J connectivity index is 0. The summed E-state index contributed by atoms with van der Waals surface area (Å²) in [7, 11) is 0. The summed E-state index contributed by atoms with van der Waals surface area (Å²) in [5.41, 5.74) is 0. The van der Waals surface area contributed by atoms with Crippen LogP contribution in [0, 0.1) is 23.7 Å². The number of ether oxygens (including phenoxy) is 5. The zero-order chi connectivity index (χ0) is 23.7. The van der Waals surface area contributed by atoms with Crippen molar-refractivity contribution in [3.8, 4) is 0 Å². The molecule has 0 unspecified atom stereocenters. The van der Waals surface area contributed by atoms with Crippen molar-refractivity contribution in [2.24, 2.45) is 23.7 Å². The molecular formula is C26H56O5. The summed E-state index contributed by atoms with van der Waals surface area (Å²) >= 11 is 0. The van der Waals surface area contributed by atoms with Crippen LogP contribution in [0.4, 0.5) is 0 Å². The van der Waals surface area contributed by atoms with Crippen molar-refractivity contribution in [2.75, 3.05) is 66.1 Å². The molecule has 0 aromatic rings. The van der Waals surface area contributed by atoms with Crippen molar-refractivity contribution < 1.29 is 23.7 Å². The van der Waals surface area contributed by atoms with E-state index >= 15 is 0 Å². The first-order valence-corrected chi connectivity index (χ1v) is 12.6. The highest BCUT2D eigenvalue weighted by molar-refractivity contribution is 4.45. The Labute approximate surface area is 194 Å². The van der Waals surface area contributed by atoms with E-state index in [-0.39, 0.29) is 0 Å². The normalized spacial score (nSPS) is 11.6. The fourth-order valence-corrected chi connectivity index (χ4v) is 2.14. The van der Waals surface area contributed by atoms with E-state index in [4.69, 9.17) is 23.7 Å². The van der Waals surface area contributed by atoms with E-state index < -0.39 is 0 Å². The van der Waals surface area contributed by atoms with Crippen LogP contribution in [0.5, 0.6) is 0 Å². The van der Waals surface area contributed by atoms with E-state index in [0.29, 0.717) is 38.3 Å². The van der Waals surface area contributed by atoms with Gasteiger partial charge in [-0.25, -0.2) is 0 Å². The molecule has 0 bridgehead atoms. The maximum Gasteiger partial charge on any atom is 0.0701 e. The minimum absolute atomic E-state index is 0.672. The van der Waals surface area contributed by atoms with Gasteiger partial charge in [0.05, 0.1) is 39.6 Å². The van der Waals surface area contributed by atoms with E-state index in [1.807, 2.05) is 0 Å². The molecule has 5 nitrogen and oxygen atoms in total. The molecule has 0 saturated carbocycles. The Bertz CT molecular complexity index is 289. The summed E-state index contributed by atoms with van der Waals surface area (Å²) in [5, 5.41) is 0. The Morgan fingerprint density at radius 1 is 0.290 bits per heavy atom. The average Bonchev–Trinajstić information content (AvgIpc) is 2.67. The Morgan fingerprint density at radius 2 is 0.452 bits per heavy atom. The Hall–Kier alpha value is -0.200. The fraction of sp³-hybridized carbons (Fsp3) is 1.00. The molecule has 0 aliphatic rings. The van der Waals surface area contributed by atoms with E-state index in [1.54, 1.807) is 0 Å². The van der Waals surface area contributed by atoms with Gasteiger partial charge in [0.25, 0.3) is 0 Å². The van der Waals surface area contributed by atoms with Crippen molar-refractivity contribution in [3.63, 3.8) is 0 Å². The molecule has 31 heavy (non-hydrogen) atoms. The van der Waals surface area contributed by atoms with Crippen molar-refractivity contribution in [1.82, 2.24) is 0 Å². The van der Waals surface area contributed by atoms with Gasteiger partial charge < -0.3 is 23.7 Å². The van der Waals surface area contributed by atoms with Gasteiger partial charge in [-0.3, -0.25) is 0 Å². The van der Waals surface area contributed by atoms with Crippen LogP contribution in [0.3, 0.4) is 0 Å². The zero-order valence-electron chi connectivity index (χ0n) is 22.3. The van der Waals surface area contributed by atoms with Crippen LogP contribution in [0.25, 0.3) is 0 Å². The van der Waals surface area contributed by atoms with Crippen LogP contribution < -0.4 is 0 Å². The van der Waals surface area contributed by atoms with E-state index in [9.17, 15) is 0 Å². The highest BCUT2D eigenvalue weighted by atomic mass is 16.5. The highest BCUT2D eigenvalue weighted by Gasteiger charge is 1.97. The molecule has 0 aliphatic carbocycles. The van der Waals surface area contributed by atoms with Gasteiger partial charge in [-0.15, -0.1) is 0 Å². The van der Waals surface area contributed by atoms with Gasteiger partial charge in [0.15, 0.2) is 0 Å². The van der Waals surface area contributed by atoms with Crippen LogP contribution in [0.15, 0.2) is 0 Å². The lowest BCUT2D eigenvalue weighted by atomic mass is 10.1. The van der Waals surface area contributed by atoms with Crippen molar-refractivity contribution in [1.29, 1.82) is 0 Å². The predicted octanol–water partition coefficient (Wildman–Crippen LogP) is 6.24. The molecule has 0 rings (SSSR count). The summed E-state index contributed by atoms with van der Waals surface area (Å²) < 4.78 is 27.1. The van der Waals surface area contributed by atoms with Gasteiger partial charge in [-0.1, -0.05) is 55.4 Å². The van der Waals surface area contributed by atoms with Crippen LogP contribution in [0.2, 0.25) is 0 Å². The summed E-state index contributed by atoms with van der Waals surface area (Å²) in [5.74, 6) is 2.89. The minimum Gasteiger partial charge on any atom is -0.379 e. The SMILES string of the molecule is CC(C)CCOCCOCCC(C)C.CC(C)CCOCCOCCOCCC(C)C. The molecule has 0 saturated heterocycles. The first kappa shape index (κ1) is 33.0. The molecule has 0 aromatic carbocycles. The second-order valence-corrected chi connectivity index (χ2v) is 9.79. The van der Waals surface area contributed by atoms with Crippen LogP contribution in [-0.4, -0.2) is 66.1 Å². The van der Waals surface area contributed by atoms with Crippen molar-refractivity contribution >= 4 is 0 Å². The minimum atomic E-state index is 0.672. The van der Waals surface area contributed by atoms with E-state index in [0.717, 1.165) is 77.2 Å². The first-order chi connectivity index (χ1) is 14.8. The van der Waals surface area contributed by atoms with E-state index in [1.165, 1.54) is 0 Å². The maximum absolute atomic E-state index is 5.44. The lowest BCUT2D eigenvalue weighted by molar-refractivity contribution is 0.0112. The summed E-state index contributed by atoms with van der Waals surface area (Å²) in [6, 6.07) is 0. The maximum atomic E-state index is 5.44. The molecule has 0 aromatic heterocycles. The van der Waals surface area contributed by atoms with Crippen LogP contribution in [0.1, 0.15) is 81.1 Å². The highest BCUT2D eigenvalue weighted by Crippen LogP contribution is 2.01. The molecule has 0 heterocycles. The second-order valence-electron chi connectivity index (χ2n) is 9.79. The molecule has 0 atom stereocenters. The summed E-state index contributed by atoms with van der Waals surface area (Å²) in [6.07, 6.45) is 4.54. The van der Waals surface area contributed by atoms with Crippen molar-refractivity contribution in [2.45, 2.75) is 81.1 Å². The Morgan fingerprint density at radius 3 is 0.613 bits per heavy atom. The molecule has 0 aliphatic heterocycles. The third kappa shape index (κ3) is 37.4. The molecule has 190 valence electrons. The molecule has 0 spiro atoms. The number of rotatable bonds is 21. The fourth-order valence-electron chi connectivity index (χ4n) is 2.14. The quantitative estimate of drug-likeness (QED) is 0.194. The van der Waals surface area contributed by atoms with Gasteiger partial charge in [0, 0.05) is 26.4 Å². The Kier molecular flexibility index (Phi) is 27.7. The van der Waals surface area contributed by atoms with Gasteiger partial charge in [-0.05, 0) is 49.4 Å². The zero-order valence-corrected chi connectivity index (χ0v) is 22.3. The van der Waals surface area contributed by atoms with Crippen LogP contribution in [-0.2, 0) is 23.7 Å². The molecule has 0 radical (unpaired) electrons. The number of hydrogen-bond donors (Lipinski definition) is 0. The van der Waals surface area contributed by atoms with Crippen molar-refractivity contribution in [3.05, 3.63) is 0 Å². The molecular weight excluding hydrogens is 392 g/mol. The largest absolute Gasteiger partial charge is 0.379 e. The molecule has 0 N–H and O–H groups in total. The predicted molar refractivity (Wildman–Crippen MR) is 132 cm³/mol. The van der Waals surface area contributed by atoms with Gasteiger partial charge in [0.2, 0.25) is 0 Å². The number of hydrogen-bond acceptors (Lipinski definition) is 5. The van der Waals surface area contributed by atoms with Gasteiger partial charge in [0.1, 0.15) is 0 Å². The standard InChI is InChI=1S/C14H30O3.C12H26O2/c1-13(2)5-7-15-9-11-17-12-10-16-8-6-14(3)4;1-11(2)5-7-13-9-10-14-8-6-12(3)4/h13-14H,5-12H2,1-4H3;11-12H,5-10H2,1-4H3. The third-order valence-corrected chi connectivity index (χ3v) is 4.47. The molecule has 5 heteroatoms. The van der Waals surface area contributed by atoms with E-state index in [2.05, 4.69) is 55.4 Å². The lowest BCUT2D eigenvalue weighted by Crippen LogP contribution is -2.11. The van der Waals surface area contributed by atoms with Gasteiger partial charge in [-0.2, -0.15) is 0 Å². The topological polar surface area (TPSA) is 46.2 Å². The van der Waals surface area contributed by atoms with Gasteiger partial charge >= 0.3 is 0 Å². The lowest BCUT2D eigenvalue weighted by Gasteiger charge is -2.08. The smallest absolute Gasteiger partial charge is 0.0701 e. The summed E-state index contributed by atoms with van der Waals surface area (Å²) in [4.78, 5) is 0. The third-order valence-electron chi connectivity index (χ3n) is 4.47. The average molecular weight is 449 g/mol. The molecule has 0 amide bonds.